The summed E-state index contributed by atoms with van der Waals surface area (Å²) in [6, 6.07) is 25.1. The van der Waals surface area contributed by atoms with Gasteiger partial charge < -0.3 is 10.1 Å². The summed E-state index contributed by atoms with van der Waals surface area (Å²) in [5.41, 5.74) is 5.96. The second-order valence-corrected chi connectivity index (χ2v) is 10.8. The molecule has 0 bridgehead atoms. The van der Waals surface area contributed by atoms with Crippen LogP contribution in [0.25, 0.3) is 22.0 Å². The Morgan fingerprint density at radius 3 is 2.43 bits per heavy atom. The number of anilines is 1. The van der Waals surface area contributed by atoms with Gasteiger partial charge in [0.2, 0.25) is 0 Å². The number of para-hydroxylation sites is 2. The number of ether oxygens (including phenoxy) is 1. The lowest BCUT2D eigenvalue weighted by molar-refractivity contribution is -0.119. The normalized spacial score (nSPS) is 15.2. The van der Waals surface area contributed by atoms with Gasteiger partial charge in [-0.1, -0.05) is 87.5 Å². The van der Waals surface area contributed by atoms with E-state index >= 15 is 0 Å². The Balaban J connectivity index is 1.38. The zero-order valence-corrected chi connectivity index (χ0v) is 21.6. The number of nitrogens with one attached hydrogen (secondary N) is 1. The van der Waals surface area contributed by atoms with Crippen LogP contribution >= 0.6 is 0 Å². The Labute approximate surface area is 217 Å². The van der Waals surface area contributed by atoms with Gasteiger partial charge in [-0.15, -0.1) is 0 Å². The lowest BCUT2D eigenvalue weighted by atomic mass is 9.70. The standard InChI is InChI=1S/C32H32N2O3/c1-32(2,3)22-17-18-28-25(19-22)30(24-14-8-10-16-27(24)33-28)31(36)37-20-29(35)34-26-15-9-7-13-23(26)21-11-5-4-6-12-21/h4-16,22H,17-20H2,1-3H3,(H,34,35). The number of amides is 1. The molecule has 1 aliphatic rings. The smallest absolute Gasteiger partial charge is 0.339 e. The lowest BCUT2D eigenvalue weighted by Gasteiger charge is -2.35. The average Bonchev–Trinajstić information content (AvgIpc) is 2.90. The van der Waals surface area contributed by atoms with Crippen LogP contribution in [0.3, 0.4) is 0 Å². The highest BCUT2D eigenvalue weighted by Crippen LogP contribution is 2.39. The molecule has 0 fully saturated rings. The molecular formula is C32H32N2O3. The van der Waals surface area contributed by atoms with E-state index in [4.69, 9.17) is 9.72 Å². The number of nitrogens with zero attached hydrogens (tertiary/aromatic N) is 1. The maximum absolute atomic E-state index is 13.5. The Bertz CT molecular complexity index is 1450. The van der Waals surface area contributed by atoms with Crippen LogP contribution in [-0.2, 0) is 22.4 Å². The number of carbonyl (C=O) groups is 2. The minimum Gasteiger partial charge on any atom is -0.452 e. The van der Waals surface area contributed by atoms with Crippen molar-refractivity contribution in [2.45, 2.75) is 40.0 Å². The highest BCUT2D eigenvalue weighted by atomic mass is 16.5. The van der Waals surface area contributed by atoms with Gasteiger partial charge in [0.05, 0.1) is 11.1 Å². The van der Waals surface area contributed by atoms with Crippen LogP contribution in [0.5, 0.6) is 0 Å². The Kier molecular flexibility index (Phi) is 6.79. The average molecular weight is 493 g/mol. The monoisotopic (exact) mass is 492 g/mol. The largest absolute Gasteiger partial charge is 0.452 e. The molecule has 0 spiro atoms. The Hall–Kier alpha value is -3.99. The number of aryl methyl sites for hydroxylation is 1. The third-order valence-electron chi connectivity index (χ3n) is 7.31. The number of benzene rings is 3. The van der Waals surface area contributed by atoms with Crippen molar-refractivity contribution in [2.24, 2.45) is 11.3 Å². The van der Waals surface area contributed by atoms with Crippen LogP contribution in [0.2, 0.25) is 0 Å². The number of rotatable bonds is 5. The molecule has 1 unspecified atom stereocenters. The zero-order valence-electron chi connectivity index (χ0n) is 21.6. The van der Waals surface area contributed by atoms with Gasteiger partial charge in [-0.2, -0.15) is 0 Å². The fourth-order valence-electron chi connectivity index (χ4n) is 5.21. The van der Waals surface area contributed by atoms with Gasteiger partial charge in [-0.3, -0.25) is 9.78 Å². The second kappa shape index (κ2) is 10.2. The van der Waals surface area contributed by atoms with Gasteiger partial charge in [0.1, 0.15) is 0 Å². The number of esters is 1. The first-order valence-electron chi connectivity index (χ1n) is 12.8. The number of carbonyl (C=O) groups excluding carboxylic acids is 2. The summed E-state index contributed by atoms with van der Waals surface area (Å²) >= 11 is 0. The first-order chi connectivity index (χ1) is 17.8. The van der Waals surface area contributed by atoms with E-state index in [1.54, 1.807) is 0 Å². The highest BCUT2D eigenvalue weighted by molar-refractivity contribution is 6.06. The molecule has 1 N–H and O–H groups in total. The minimum absolute atomic E-state index is 0.122. The summed E-state index contributed by atoms with van der Waals surface area (Å²) in [7, 11) is 0. The van der Waals surface area contributed by atoms with E-state index in [9.17, 15) is 9.59 Å². The summed E-state index contributed by atoms with van der Waals surface area (Å²) in [4.78, 5) is 31.2. The van der Waals surface area contributed by atoms with Crippen molar-refractivity contribution >= 4 is 28.5 Å². The first-order valence-corrected chi connectivity index (χ1v) is 12.8. The molecule has 5 rings (SSSR count). The summed E-state index contributed by atoms with van der Waals surface area (Å²) in [6.07, 6.45) is 2.65. The van der Waals surface area contributed by atoms with Gasteiger partial charge >= 0.3 is 5.97 Å². The first kappa shape index (κ1) is 24.7. The minimum atomic E-state index is -0.476. The summed E-state index contributed by atoms with van der Waals surface area (Å²) in [5.74, 6) is -0.417. The molecule has 3 aromatic carbocycles. The van der Waals surface area contributed by atoms with Gasteiger partial charge in [0, 0.05) is 22.3 Å². The van der Waals surface area contributed by atoms with Crippen molar-refractivity contribution in [3.63, 3.8) is 0 Å². The summed E-state index contributed by atoms with van der Waals surface area (Å²) < 4.78 is 5.62. The van der Waals surface area contributed by atoms with Gasteiger partial charge in [-0.05, 0) is 53.9 Å². The van der Waals surface area contributed by atoms with Crippen LogP contribution in [0.15, 0.2) is 78.9 Å². The molecule has 5 heteroatoms. The molecular weight excluding hydrogens is 460 g/mol. The molecule has 1 atom stereocenters. The Morgan fingerprint density at radius 1 is 0.946 bits per heavy atom. The van der Waals surface area contributed by atoms with Crippen LogP contribution in [0.1, 0.15) is 48.8 Å². The van der Waals surface area contributed by atoms with Crippen LogP contribution < -0.4 is 5.32 Å². The maximum atomic E-state index is 13.5. The van der Waals surface area contributed by atoms with Gasteiger partial charge in [-0.25, -0.2) is 4.79 Å². The van der Waals surface area contributed by atoms with E-state index in [1.165, 1.54) is 0 Å². The quantitative estimate of drug-likeness (QED) is 0.309. The van der Waals surface area contributed by atoms with Gasteiger partial charge in [0.25, 0.3) is 5.91 Å². The number of pyridine rings is 1. The van der Waals surface area contributed by atoms with E-state index in [2.05, 4.69) is 26.1 Å². The maximum Gasteiger partial charge on any atom is 0.339 e. The highest BCUT2D eigenvalue weighted by Gasteiger charge is 2.33. The van der Waals surface area contributed by atoms with E-state index in [0.29, 0.717) is 17.2 Å². The molecule has 37 heavy (non-hydrogen) atoms. The van der Waals surface area contributed by atoms with Crippen molar-refractivity contribution in [1.82, 2.24) is 4.98 Å². The number of fused-ring (bicyclic) bond motifs is 2. The molecule has 1 heterocycles. The predicted octanol–water partition coefficient (Wildman–Crippen LogP) is 6.85. The fraction of sp³-hybridized carbons (Fsp3) is 0.281. The molecule has 0 aliphatic heterocycles. The zero-order chi connectivity index (χ0) is 26.0. The topological polar surface area (TPSA) is 68.3 Å². The number of hydrogen-bond donors (Lipinski definition) is 1. The molecule has 0 radical (unpaired) electrons. The molecule has 1 amide bonds. The van der Waals surface area contributed by atoms with Crippen molar-refractivity contribution in [1.29, 1.82) is 0 Å². The van der Waals surface area contributed by atoms with E-state index in [0.717, 1.165) is 52.5 Å². The van der Waals surface area contributed by atoms with Crippen LogP contribution in [-0.4, -0.2) is 23.5 Å². The molecule has 0 saturated heterocycles. The van der Waals surface area contributed by atoms with E-state index in [1.807, 2.05) is 78.9 Å². The van der Waals surface area contributed by atoms with E-state index < -0.39 is 5.97 Å². The van der Waals surface area contributed by atoms with Crippen LogP contribution in [0, 0.1) is 11.3 Å². The summed E-state index contributed by atoms with van der Waals surface area (Å²) in [6.45, 7) is 6.36. The summed E-state index contributed by atoms with van der Waals surface area (Å²) in [5, 5.41) is 3.69. The van der Waals surface area contributed by atoms with Crippen molar-refractivity contribution < 1.29 is 14.3 Å². The third-order valence-corrected chi connectivity index (χ3v) is 7.31. The van der Waals surface area contributed by atoms with Crippen LogP contribution in [0.4, 0.5) is 5.69 Å². The molecule has 1 aliphatic carbocycles. The SMILES string of the molecule is CC(C)(C)C1CCc2nc3ccccc3c(C(=O)OCC(=O)Nc3ccccc3-c3ccccc3)c2C1. The number of hydrogen-bond acceptors (Lipinski definition) is 4. The van der Waals surface area contributed by atoms with Crippen molar-refractivity contribution in [3.05, 3.63) is 95.7 Å². The lowest BCUT2D eigenvalue weighted by Crippen LogP contribution is -2.29. The molecule has 0 saturated carbocycles. The Morgan fingerprint density at radius 2 is 1.65 bits per heavy atom. The second-order valence-electron chi connectivity index (χ2n) is 10.8. The number of aromatic nitrogens is 1. The molecule has 5 nitrogen and oxygen atoms in total. The van der Waals surface area contributed by atoms with Crippen molar-refractivity contribution in [3.8, 4) is 11.1 Å². The molecule has 1 aromatic heterocycles. The van der Waals surface area contributed by atoms with Gasteiger partial charge in [0.15, 0.2) is 6.61 Å². The predicted molar refractivity (Wildman–Crippen MR) is 148 cm³/mol. The van der Waals surface area contributed by atoms with Crippen molar-refractivity contribution in [2.75, 3.05) is 11.9 Å². The molecule has 4 aromatic rings. The van der Waals surface area contributed by atoms with E-state index in [-0.39, 0.29) is 17.9 Å². The third kappa shape index (κ3) is 5.26. The molecule has 188 valence electrons. The fourth-order valence-corrected chi connectivity index (χ4v) is 5.21.